The lowest BCUT2D eigenvalue weighted by Gasteiger charge is -2.12. The molecule has 2 aromatic rings. The van der Waals surface area contributed by atoms with Crippen LogP contribution in [0.15, 0.2) is 40.2 Å². The summed E-state index contributed by atoms with van der Waals surface area (Å²) in [6, 6.07) is 13.0. The van der Waals surface area contributed by atoms with E-state index in [1.807, 2.05) is 0 Å². The van der Waals surface area contributed by atoms with Crippen LogP contribution in [0.1, 0.15) is 24.3 Å². The number of likely N-dealkylation sites (N-methyl/N-ethyl adjacent to an activating group) is 1. The molecule has 0 spiro atoms. The van der Waals surface area contributed by atoms with E-state index in [1.165, 1.54) is 10.4 Å². The molecule has 108 valence electrons. The quantitative estimate of drug-likeness (QED) is 0.783. The first-order valence-corrected chi connectivity index (χ1v) is 8.47. The molecule has 0 aliphatic carbocycles. The van der Waals surface area contributed by atoms with Gasteiger partial charge < -0.3 is 10.1 Å². The second-order valence-corrected chi connectivity index (χ2v) is 7.35. The van der Waals surface area contributed by atoms with Crippen LogP contribution in [0.3, 0.4) is 0 Å². The van der Waals surface area contributed by atoms with E-state index in [-0.39, 0.29) is 0 Å². The van der Waals surface area contributed by atoms with Crippen LogP contribution < -0.4 is 10.1 Å². The van der Waals surface area contributed by atoms with Crippen LogP contribution >= 0.6 is 27.3 Å². The molecule has 0 radical (unpaired) electrons. The summed E-state index contributed by atoms with van der Waals surface area (Å²) in [7, 11) is 0. The number of ether oxygens (including phenoxy) is 1. The maximum atomic E-state index is 5.79. The van der Waals surface area contributed by atoms with E-state index in [9.17, 15) is 0 Å². The molecule has 4 heteroatoms. The minimum atomic E-state index is 0.509. The van der Waals surface area contributed by atoms with Crippen LogP contribution in [-0.2, 0) is 13.0 Å². The lowest BCUT2D eigenvalue weighted by molar-refractivity contribution is 0.309. The number of hydrogen-bond acceptors (Lipinski definition) is 3. The number of thiophene rings is 1. The monoisotopic (exact) mass is 353 g/mol. The third-order valence-electron chi connectivity index (χ3n) is 3.03. The molecule has 0 aliphatic heterocycles. The van der Waals surface area contributed by atoms with Crippen LogP contribution in [0, 0.1) is 0 Å². The van der Waals surface area contributed by atoms with Crippen molar-refractivity contribution in [2.45, 2.75) is 32.9 Å². The lowest BCUT2D eigenvalue weighted by atomic mass is 10.1. The Bertz CT molecular complexity index is 524. The molecule has 0 aliphatic rings. The van der Waals surface area contributed by atoms with Gasteiger partial charge in [0.05, 0.1) is 3.79 Å². The van der Waals surface area contributed by atoms with Gasteiger partial charge in [0.2, 0.25) is 0 Å². The Hall–Kier alpha value is -0.840. The number of hydrogen-bond donors (Lipinski definition) is 1. The van der Waals surface area contributed by atoms with Gasteiger partial charge in [-0.05, 0) is 65.6 Å². The molecule has 2 rings (SSSR count). The normalized spacial score (nSPS) is 12.3. The second kappa shape index (κ2) is 7.81. The third-order valence-corrected chi connectivity index (χ3v) is 4.62. The Morgan fingerprint density at radius 1 is 1.20 bits per heavy atom. The fourth-order valence-corrected chi connectivity index (χ4v) is 3.48. The summed E-state index contributed by atoms with van der Waals surface area (Å²) in [5, 5.41) is 3.42. The van der Waals surface area contributed by atoms with Gasteiger partial charge in [-0.1, -0.05) is 19.1 Å². The van der Waals surface area contributed by atoms with Crippen molar-refractivity contribution in [2.24, 2.45) is 0 Å². The van der Waals surface area contributed by atoms with E-state index in [0.717, 1.165) is 22.5 Å². The largest absolute Gasteiger partial charge is 0.488 e. The van der Waals surface area contributed by atoms with Crippen molar-refractivity contribution in [3.63, 3.8) is 0 Å². The molecule has 1 unspecified atom stereocenters. The highest BCUT2D eigenvalue weighted by Crippen LogP contribution is 2.23. The molecule has 1 atom stereocenters. The first-order chi connectivity index (χ1) is 9.67. The van der Waals surface area contributed by atoms with Crippen molar-refractivity contribution < 1.29 is 4.74 Å². The fraction of sp³-hybridized carbons (Fsp3) is 0.375. The van der Waals surface area contributed by atoms with E-state index in [0.29, 0.717) is 12.6 Å². The summed E-state index contributed by atoms with van der Waals surface area (Å²) in [6.07, 6.45) is 1.05. The van der Waals surface area contributed by atoms with Gasteiger partial charge in [-0.3, -0.25) is 0 Å². The first kappa shape index (κ1) is 15.5. The van der Waals surface area contributed by atoms with Gasteiger partial charge in [0.1, 0.15) is 12.4 Å². The van der Waals surface area contributed by atoms with Gasteiger partial charge in [0.25, 0.3) is 0 Å². The van der Waals surface area contributed by atoms with Gasteiger partial charge in [0, 0.05) is 10.9 Å². The molecule has 0 saturated carbocycles. The molecule has 1 aromatic heterocycles. The number of halogens is 1. The molecule has 0 amide bonds. The van der Waals surface area contributed by atoms with E-state index in [1.54, 1.807) is 11.3 Å². The number of rotatable bonds is 7. The minimum Gasteiger partial charge on any atom is -0.488 e. The molecule has 20 heavy (non-hydrogen) atoms. The Morgan fingerprint density at radius 2 is 1.95 bits per heavy atom. The van der Waals surface area contributed by atoms with E-state index >= 15 is 0 Å². The predicted octanol–water partition coefficient (Wildman–Crippen LogP) is 4.63. The van der Waals surface area contributed by atoms with E-state index in [4.69, 9.17) is 4.74 Å². The Kier molecular flexibility index (Phi) is 6.07. The standard InChI is InChI=1S/C16H20BrNOS/c1-3-18-12(2)10-13-4-6-14(7-5-13)19-11-15-8-9-16(17)20-15/h4-9,12,18H,3,10-11H2,1-2H3. The van der Waals surface area contributed by atoms with Crippen molar-refractivity contribution in [2.75, 3.05) is 6.54 Å². The zero-order valence-corrected chi connectivity index (χ0v) is 14.3. The summed E-state index contributed by atoms with van der Waals surface area (Å²) in [5.74, 6) is 0.925. The molecule has 0 fully saturated rings. The van der Waals surface area contributed by atoms with Crippen LogP contribution in [0.4, 0.5) is 0 Å². The van der Waals surface area contributed by atoms with Crippen molar-refractivity contribution in [3.05, 3.63) is 50.6 Å². The zero-order chi connectivity index (χ0) is 14.4. The first-order valence-electron chi connectivity index (χ1n) is 6.86. The fourth-order valence-electron chi connectivity index (χ4n) is 2.08. The average molecular weight is 354 g/mol. The van der Waals surface area contributed by atoms with Crippen molar-refractivity contribution >= 4 is 27.3 Å². The molecular weight excluding hydrogens is 334 g/mol. The van der Waals surface area contributed by atoms with Crippen LogP contribution in [0.5, 0.6) is 5.75 Å². The van der Waals surface area contributed by atoms with Gasteiger partial charge in [-0.25, -0.2) is 0 Å². The lowest BCUT2D eigenvalue weighted by Crippen LogP contribution is -2.27. The SMILES string of the molecule is CCNC(C)Cc1ccc(OCc2ccc(Br)s2)cc1. The maximum Gasteiger partial charge on any atom is 0.122 e. The molecule has 1 heterocycles. The smallest absolute Gasteiger partial charge is 0.122 e. The summed E-state index contributed by atoms with van der Waals surface area (Å²) < 4.78 is 6.93. The van der Waals surface area contributed by atoms with Crippen molar-refractivity contribution in [1.82, 2.24) is 5.32 Å². The maximum absolute atomic E-state index is 5.79. The molecule has 2 nitrogen and oxygen atoms in total. The highest BCUT2D eigenvalue weighted by molar-refractivity contribution is 9.11. The molecule has 1 N–H and O–H groups in total. The topological polar surface area (TPSA) is 21.3 Å². The van der Waals surface area contributed by atoms with E-state index < -0.39 is 0 Å². The average Bonchev–Trinajstić information content (AvgIpc) is 2.84. The summed E-state index contributed by atoms with van der Waals surface area (Å²) in [5.41, 5.74) is 1.34. The highest BCUT2D eigenvalue weighted by Gasteiger charge is 2.03. The molecule has 1 aromatic carbocycles. The Labute approximate surface area is 133 Å². The van der Waals surface area contributed by atoms with Crippen LogP contribution in [-0.4, -0.2) is 12.6 Å². The predicted molar refractivity (Wildman–Crippen MR) is 89.6 cm³/mol. The number of nitrogens with one attached hydrogen (secondary N) is 1. The summed E-state index contributed by atoms with van der Waals surface area (Å²) >= 11 is 5.17. The van der Waals surface area contributed by atoms with Gasteiger partial charge in [0.15, 0.2) is 0 Å². The molecular formula is C16H20BrNOS. The summed E-state index contributed by atoms with van der Waals surface area (Å²) in [6.45, 7) is 5.99. The second-order valence-electron chi connectivity index (χ2n) is 4.80. The Morgan fingerprint density at radius 3 is 2.55 bits per heavy atom. The van der Waals surface area contributed by atoms with E-state index in [2.05, 4.69) is 71.5 Å². The zero-order valence-electron chi connectivity index (χ0n) is 11.9. The summed E-state index contributed by atoms with van der Waals surface area (Å²) in [4.78, 5) is 1.22. The van der Waals surface area contributed by atoms with Gasteiger partial charge >= 0.3 is 0 Å². The molecule has 0 bridgehead atoms. The van der Waals surface area contributed by atoms with Crippen molar-refractivity contribution in [1.29, 1.82) is 0 Å². The van der Waals surface area contributed by atoms with Gasteiger partial charge in [-0.2, -0.15) is 0 Å². The number of benzene rings is 1. The highest BCUT2D eigenvalue weighted by atomic mass is 79.9. The van der Waals surface area contributed by atoms with Crippen LogP contribution in [0.2, 0.25) is 0 Å². The van der Waals surface area contributed by atoms with Crippen LogP contribution in [0.25, 0.3) is 0 Å². The van der Waals surface area contributed by atoms with Gasteiger partial charge in [-0.15, -0.1) is 11.3 Å². The third kappa shape index (κ3) is 4.93. The van der Waals surface area contributed by atoms with Crippen molar-refractivity contribution in [3.8, 4) is 5.75 Å². The Balaban J connectivity index is 1.85. The molecule has 0 saturated heterocycles. The minimum absolute atomic E-state index is 0.509.